The summed E-state index contributed by atoms with van der Waals surface area (Å²) in [6, 6.07) is 14.8. The number of nitrogens with zero attached hydrogens (tertiary/aromatic N) is 3. The van der Waals surface area contributed by atoms with Crippen LogP contribution in [-0.2, 0) is 4.79 Å². The molecule has 0 saturated carbocycles. The number of thioether (sulfide) groups is 1. The molecule has 1 fully saturated rings. The van der Waals surface area contributed by atoms with Gasteiger partial charge in [-0.05, 0) is 48.9 Å². The molecule has 4 rings (SSSR count). The van der Waals surface area contributed by atoms with Crippen LogP contribution in [0.5, 0.6) is 0 Å². The van der Waals surface area contributed by atoms with E-state index in [1.54, 1.807) is 24.3 Å². The van der Waals surface area contributed by atoms with E-state index in [9.17, 15) is 4.79 Å². The number of carbonyl (C=O) groups is 1. The fourth-order valence-corrected chi connectivity index (χ4v) is 4.57. The molecule has 2 aromatic carbocycles. The molecule has 0 aromatic heterocycles. The molecule has 1 amide bonds. The zero-order valence-corrected chi connectivity index (χ0v) is 17.7. The van der Waals surface area contributed by atoms with E-state index in [1.165, 1.54) is 5.01 Å². The minimum Gasteiger partial charge on any atom is -0.369 e. The van der Waals surface area contributed by atoms with Gasteiger partial charge in [0.2, 0.25) is 0 Å². The van der Waals surface area contributed by atoms with Gasteiger partial charge in [0, 0.05) is 34.6 Å². The second-order valence-electron chi connectivity index (χ2n) is 6.61. The minimum atomic E-state index is -0.122. The van der Waals surface area contributed by atoms with Crippen molar-refractivity contribution in [3.63, 3.8) is 0 Å². The predicted octanol–water partition coefficient (Wildman–Crippen LogP) is 5.18. The third-order valence-electron chi connectivity index (χ3n) is 4.77. The van der Waals surface area contributed by atoms with Crippen molar-refractivity contribution in [2.75, 3.05) is 29.6 Å². The first-order valence-electron chi connectivity index (χ1n) is 9.03. The van der Waals surface area contributed by atoms with Crippen molar-refractivity contribution in [2.45, 2.75) is 6.92 Å². The van der Waals surface area contributed by atoms with E-state index in [2.05, 4.69) is 10.0 Å². The number of carbonyl (C=O) groups excluding carboxylic acids is 1. The molecule has 0 spiro atoms. The Balaban J connectivity index is 1.81. The first-order chi connectivity index (χ1) is 13.5. The van der Waals surface area contributed by atoms with Gasteiger partial charge in [-0.2, -0.15) is 21.9 Å². The number of benzene rings is 2. The number of amides is 1. The summed E-state index contributed by atoms with van der Waals surface area (Å²) < 4.78 is 0. The van der Waals surface area contributed by atoms with Gasteiger partial charge in [0.1, 0.15) is 0 Å². The normalized spacial score (nSPS) is 19.1. The number of hydrazone groups is 1. The van der Waals surface area contributed by atoms with Gasteiger partial charge in [-0.25, -0.2) is 0 Å². The molecule has 0 aliphatic carbocycles. The lowest BCUT2D eigenvalue weighted by Crippen LogP contribution is -2.34. The highest BCUT2D eigenvalue weighted by molar-refractivity contribution is 7.99. The van der Waals surface area contributed by atoms with Crippen LogP contribution in [0.25, 0.3) is 5.70 Å². The first-order valence-corrected chi connectivity index (χ1v) is 10.9. The highest BCUT2D eigenvalue weighted by atomic mass is 35.5. The number of hydrogen-bond donors (Lipinski definition) is 0. The smallest absolute Gasteiger partial charge is 0.282 e. The lowest BCUT2D eigenvalue weighted by Gasteiger charge is -2.32. The lowest BCUT2D eigenvalue weighted by atomic mass is 10.0. The number of rotatable bonds is 3. The Morgan fingerprint density at radius 1 is 0.964 bits per heavy atom. The summed E-state index contributed by atoms with van der Waals surface area (Å²) in [4.78, 5) is 15.7. The molecule has 0 atom stereocenters. The van der Waals surface area contributed by atoms with Gasteiger partial charge in [-0.15, -0.1) is 0 Å². The van der Waals surface area contributed by atoms with Crippen molar-refractivity contribution >= 4 is 58.0 Å². The number of halogens is 2. The van der Waals surface area contributed by atoms with Gasteiger partial charge in [-0.3, -0.25) is 4.79 Å². The summed E-state index contributed by atoms with van der Waals surface area (Å²) in [5.41, 5.74) is 3.97. The average Bonchev–Trinajstić information content (AvgIpc) is 3.00. The fourth-order valence-electron chi connectivity index (χ4n) is 3.42. The summed E-state index contributed by atoms with van der Waals surface area (Å²) in [5, 5.41) is 7.30. The maximum absolute atomic E-state index is 13.4. The molecule has 2 heterocycles. The summed E-state index contributed by atoms with van der Waals surface area (Å²) in [6.07, 6.45) is 0. The van der Waals surface area contributed by atoms with E-state index in [0.29, 0.717) is 27.0 Å². The van der Waals surface area contributed by atoms with Gasteiger partial charge >= 0.3 is 0 Å². The van der Waals surface area contributed by atoms with Crippen LogP contribution in [-0.4, -0.2) is 41.1 Å². The summed E-state index contributed by atoms with van der Waals surface area (Å²) in [5.74, 6) is 1.95. The van der Waals surface area contributed by atoms with E-state index >= 15 is 0 Å². The lowest BCUT2D eigenvalue weighted by molar-refractivity contribution is -0.114. The molecular weight excluding hydrogens is 413 g/mol. The molecule has 2 aliphatic heterocycles. The molecule has 0 radical (unpaired) electrons. The Morgan fingerprint density at radius 3 is 2.14 bits per heavy atom. The van der Waals surface area contributed by atoms with Gasteiger partial charge in [0.25, 0.3) is 5.91 Å². The van der Waals surface area contributed by atoms with E-state index in [1.807, 2.05) is 43.0 Å². The summed E-state index contributed by atoms with van der Waals surface area (Å²) >= 11 is 14.0. The van der Waals surface area contributed by atoms with Crippen molar-refractivity contribution in [1.82, 2.24) is 4.90 Å². The third kappa shape index (κ3) is 3.79. The van der Waals surface area contributed by atoms with Crippen LogP contribution in [0.3, 0.4) is 0 Å². The molecule has 4 nitrogen and oxygen atoms in total. The van der Waals surface area contributed by atoms with Crippen molar-refractivity contribution < 1.29 is 4.79 Å². The Kier molecular flexibility index (Phi) is 5.67. The predicted molar refractivity (Wildman–Crippen MR) is 119 cm³/mol. The second kappa shape index (κ2) is 8.19. The van der Waals surface area contributed by atoms with Gasteiger partial charge in [0.05, 0.1) is 22.7 Å². The topological polar surface area (TPSA) is 35.9 Å². The van der Waals surface area contributed by atoms with Crippen LogP contribution in [0.1, 0.15) is 12.5 Å². The molecule has 2 aromatic rings. The Hall–Kier alpha value is -1.95. The molecule has 0 bridgehead atoms. The Labute approximate surface area is 178 Å². The molecule has 2 aliphatic rings. The number of hydrogen-bond acceptors (Lipinski definition) is 4. The van der Waals surface area contributed by atoms with Gasteiger partial charge in [-0.1, -0.05) is 35.3 Å². The van der Waals surface area contributed by atoms with Crippen molar-refractivity contribution in [3.8, 4) is 0 Å². The summed E-state index contributed by atoms with van der Waals surface area (Å²) in [7, 11) is 0. The van der Waals surface area contributed by atoms with E-state index in [4.69, 9.17) is 23.2 Å². The quantitative estimate of drug-likeness (QED) is 0.628. The van der Waals surface area contributed by atoms with Crippen molar-refractivity contribution in [1.29, 1.82) is 0 Å². The molecule has 28 heavy (non-hydrogen) atoms. The molecule has 7 heteroatoms. The molecule has 0 unspecified atom stereocenters. The maximum atomic E-state index is 13.4. The molecule has 144 valence electrons. The monoisotopic (exact) mass is 431 g/mol. The first kappa shape index (κ1) is 19.4. The maximum Gasteiger partial charge on any atom is 0.282 e. The zero-order chi connectivity index (χ0) is 19.7. The second-order valence-corrected chi connectivity index (χ2v) is 8.71. The van der Waals surface area contributed by atoms with Crippen LogP contribution in [0.15, 0.2) is 59.2 Å². The van der Waals surface area contributed by atoms with Crippen LogP contribution < -0.4 is 5.01 Å². The van der Waals surface area contributed by atoms with E-state index in [0.717, 1.165) is 35.9 Å². The highest BCUT2D eigenvalue weighted by Gasteiger charge is 2.34. The molecular formula is C21H19Cl2N3OS. The standard InChI is InChI=1S/C21H19Cl2N3OS/c1-14-19(21(27)26(24-14)18-8-6-17(23)7-9-18)20(25-10-12-28-13-11-25)15-2-4-16(22)5-3-15/h2-9H,10-13H2,1H3/b20-19-. The zero-order valence-electron chi connectivity index (χ0n) is 15.4. The fraction of sp³-hybridized carbons (Fsp3) is 0.238. The van der Waals surface area contributed by atoms with Crippen LogP contribution >= 0.6 is 35.0 Å². The third-order valence-corrected chi connectivity index (χ3v) is 6.22. The van der Waals surface area contributed by atoms with Crippen LogP contribution in [0.2, 0.25) is 10.0 Å². The van der Waals surface area contributed by atoms with Crippen molar-refractivity contribution in [3.05, 3.63) is 69.7 Å². The van der Waals surface area contributed by atoms with Crippen LogP contribution in [0, 0.1) is 0 Å². The van der Waals surface area contributed by atoms with Gasteiger partial charge in [0.15, 0.2) is 0 Å². The SMILES string of the molecule is CC1=NN(c2ccc(Cl)cc2)C(=O)/C1=C(/c1ccc(Cl)cc1)N1CCSCC1. The summed E-state index contributed by atoms with van der Waals surface area (Å²) in [6.45, 7) is 3.68. The minimum absolute atomic E-state index is 0.122. The van der Waals surface area contributed by atoms with E-state index in [-0.39, 0.29) is 5.91 Å². The average molecular weight is 432 g/mol. The van der Waals surface area contributed by atoms with Gasteiger partial charge < -0.3 is 4.90 Å². The Morgan fingerprint density at radius 2 is 1.54 bits per heavy atom. The highest BCUT2D eigenvalue weighted by Crippen LogP contribution is 2.33. The largest absolute Gasteiger partial charge is 0.369 e. The Bertz CT molecular complexity index is 949. The van der Waals surface area contributed by atoms with E-state index < -0.39 is 0 Å². The van der Waals surface area contributed by atoms with Crippen molar-refractivity contribution in [2.24, 2.45) is 5.10 Å². The molecule has 0 N–H and O–H groups in total. The number of anilines is 1. The molecule has 1 saturated heterocycles. The van der Waals surface area contributed by atoms with Crippen LogP contribution in [0.4, 0.5) is 5.69 Å².